The molecule has 56 heavy (non-hydrogen) atoms. The van der Waals surface area contributed by atoms with Crippen molar-refractivity contribution >= 4 is 17.2 Å². The molecule has 1 unspecified atom stereocenters. The number of hydrogen-bond donors (Lipinski definition) is 0. The number of benzene rings is 6. The van der Waals surface area contributed by atoms with Crippen LogP contribution in [0.4, 0.5) is 0 Å². The van der Waals surface area contributed by atoms with E-state index in [-0.39, 0.29) is 11.8 Å². The zero-order valence-electron chi connectivity index (χ0n) is 33.9. The summed E-state index contributed by atoms with van der Waals surface area (Å²) in [5, 5.41) is 0. The van der Waals surface area contributed by atoms with Gasteiger partial charge in [0.1, 0.15) is 34.5 Å². The van der Waals surface area contributed by atoms with Crippen LogP contribution < -0.4 is 27.1 Å². The van der Waals surface area contributed by atoms with Crippen LogP contribution in [0.5, 0.6) is 34.5 Å². The van der Waals surface area contributed by atoms with Crippen LogP contribution in [-0.2, 0) is 0 Å². The highest BCUT2D eigenvalue weighted by molar-refractivity contribution is 7.43. The maximum Gasteiger partial charge on any atom is 0.530 e. The molecule has 1 aliphatic rings. The van der Waals surface area contributed by atoms with Crippen molar-refractivity contribution in [1.29, 1.82) is 0 Å². The number of aryl methyl sites for hydroxylation is 8. The summed E-state index contributed by atoms with van der Waals surface area (Å²) in [6, 6.07) is 36.7. The highest BCUT2D eigenvalue weighted by Crippen LogP contribution is 2.54. The highest BCUT2D eigenvalue weighted by atomic mass is 31.2. The topological polar surface area (TPSA) is 55.4 Å². The van der Waals surface area contributed by atoms with Gasteiger partial charge in [0.2, 0.25) is 0 Å². The van der Waals surface area contributed by atoms with Gasteiger partial charge < -0.3 is 27.1 Å². The van der Waals surface area contributed by atoms with Gasteiger partial charge in [0.25, 0.3) is 0 Å². The maximum atomic E-state index is 7.04. The molecule has 0 bridgehead atoms. The molecule has 0 fully saturated rings. The summed E-state index contributed by atoms with van der Waals surface area (Å²) in [5.41, 5.74) is 13.0. The molecule has 6 nitrogen and oxygen atoms in total. The Morgan fingerprint density at radius 3 is 1.41 bits per heavy atom. The van der Waals surface area contributed by atoms with Gasteiger partial charge in [-0.1, -0.05) is 121 Å². The molecule has 0 amide bonds. The van der Waals surface area contributed by atoms with E-state index in [4.69, 9.17) is 27.1 Å². The summed E-state index contributed by atoms with van der Waals surface area (Å²) in [5.74, 6) is 4.29. The third-order valence-electron chi connectivity index (χ3n) is 10.2. The normalized spacial score (nSPS) is 15.3. The molecule has 1 atom stereocenters. The van der Waals surface area contributed by atoms with Crippen molar-refractivity contribution < 1.29 is 27.1 Å². The lowest BCUT2D eigenvalue weighted by molar-refractivity contribution is 0.373. The fourth-order valence-corrected chi connectivity index (χ4v) is 10.0. The van der Waals surface area contributed by atoms with E-state index in [1.165, 1.54) is 11.1 Å². The van der Waals surface area contributed by atoms with Gasteiger partial charge in [-0.2, -0.15) is 0 Å². The second-order valence-electron chi connectivity index (χ2n) is 15.1. The first-order valence-electron chi connectivity index (χ1n) is 19.1. The smallest absolute Gasteiger partial charge is 0.409 e. The third kappa shape index (κ3) is 8.53. The second-order valence-corrected chi connectivity index (χ2v) is 17.1. The van der Waals surface area contributed by atoms with Gasteiger partial charge in [-0.25, -0.2) is 0 Å². The van der Waals surface area contributed by atoms with Crippen LogP contribution in [0.25, 0.3) is 0 Å². The minimum Gasteiger partial charge on any atom is -0.409 e. The minimum atomic E-state index is -1.93. The summed E-state index contributed by atoms with van der Waals surface area (Å²) in [7, 11) is -3.83. The molecule has 7 rings (SSSR count). The van der Waals surface area contributed by atoms with E-state index >= 15 is 0 Å². The molecule has 0 spiro atoms. The summed E-state index contributed by atoms with van der Waals surface area (Å²) in [6.45, 7) is 21.3. The van der Waals surface area contributed by atoms with Crippen LogP contribution in [0.15, 0.2) is 109 Å². The van der Waals surface area contributed by atoms with Crippen LogP contribution in [0.3, 0.4) is 0 Å². The summed E-state index contributed by atoms with van der Waals surface area (Å²) in [6.07, 6.45) is 0. The van der Waals surface area contributed by atoms with E-state index in [0.717, 1.165) is 72.9 Å². The fraction of sp³-hybridized carbons (Fsp3) is 0.250. The zero-order chi connectivity index (χ0) is 39.7. The van der Waals surface area contributed by atoms with Gasteiger partial charge in [-0.05, 0) is 102 Å². The Labute approximate surface area is 334 Å². The van der Waals surface area contributed by atoms with Gasteiger partial charge in [0, 0.05) is 34.1 Å². The van der Waals surface area contributed by atoms with Crippen molar-refractivity contribution in [2.75, 3.05) is 0 Å². The molecule has 0 radical (unpaired) electrons. The first kappa shape index (κ1) is 39.2. The van der Waals surface area contributed by atoms with Gasteiger partial charge in [0.05, 0.1) is 0 Å². The van der Waals surface area contributed by atoms with Crippen molar-refractivity contribution in [2.45, 2.75) is 81.1 Å². The number of rotatable bonds is 10. The van der Waals surface area contributed by atoms with Crippen molar-refractivity contribution in [3.05, 3.63) is 176 Å². The van der Waals surface area contributed by atoms with E-state index < -0.39 is 17.2 Å². The van der Waals surface area contributed by atoms with E-state index in [1.807, 2.05) is 60.7 Å². The Morgan fingerprint density at radius 1 is 0.518 bits per heavy atom. The molecule has 1 aliphatic heterocycles. The molecule has 1 heterocycles. The van der Waals surface area contributed by atoms with Crippen molar-refractivity contribution in [3.8, 4) is 34.5 Å². The molecule has 288 valence electrons. The van der Waals surface area contributed by atoms with Crippen LogP contribution in [0.1, 0.15) is 92.4 Å². The lowest BCUT2D eigenvalue weighted by Gasteiger charge is -2.30. The molecule has 0 aromatic heterocycles. The van der Waals surface area contributed by atoms with Gasteiger partial charge >= 0.3 is 17.2 Å². The predicted octanol–water partition coefficient (Wildman–Crippen LogP) is 14.3. The largest absolute Gasteiger partial charge is 0.530 e. The van der Waals surface area contributed by atoms with E-state index in [2.05, 4.69) is 118 Å². The highest BCUT2D eigenvalue weighted by Gasteiger charge is 2.34. The third-order valence-corrected chi connectivity index (χ3v) is 12.2. The molecule has 0 saturated carbocycles. The molecule has 0 aliphatic carbocycles. The first-order chi connectivity index (χ1) is 26.8. The Hall–Kier alpha value is -5.02. The Balaban J connectivity index is 1.30. The summed E-state index contributed by atoms with van der Waals surface area (Å²) >= 11 is 0. The second kappa shape index (κ2) is 16.6. The maximum absolute atomic E-state index is 7.04. The Bertz CT molecular complexity index is 2260. The van der Waals surface area contributed by atoms with Crippen LogP contribution in [0, 0.1) is 55.4 Å². The number of fused-ring (bicyclic) bond motifs is 2. The molecule has 6 aromatic rings. The molecular formula is C48H50O6P2. The van der Waals surface area contributed by atoms with Crippen molar-refractivity contribution in [2.24, 2.45) is 0 Å². The first-order valence-corrected chi connectivity index (χ1v) is 21.3. The molecule has 0 saturated heterocycles. The van der Waals surface area contributed by atoms with E-state index in [1.54, 1.807) is 0 Å². The lowest BCUT2D eigenvalue weighted by Crippen LogP contribution is -2.14. The van der Waals surface area contributed by atoms with Crippen LogP contribution in [0.2, 0.25) is 0 Å². The van der Waals surface area contributed by atoms with Gasteiger partial charge in [0.15, 0.2) is 0 Å². The molecule has 0 N–H and O–H groups in total. The molecular weight excluding hydrogens is 734 g/mol. The van der Waals surface area contributed by atoms with E-state index in [9.17, 15) is 0 Å². The SMILES string of the molecule is Cc1cc(C)c(OP(Oc2ccccc2)Oc2ccccc2)c(C(C)c2cc(C)cc(C)c2OP2Oc3c(C)cc(C)cc3C(C)c3cc(C)cc(C)c3O2)c1. The lowest BCUT2D eigenvalue weighted by atomic mass is 9.87. The molecule has 8 heteroatoms. The van der Waals surface area contributed by atoms with Crippen LogP contribution in [-0.4, -0.2) is 0 Å². The predicted molar refractivity (Wildman–Crippen MR) is 229 cm³/mol. The Kier molecular flexibility index (Phi) is 11.6. The number of para-hydroxylation sites is 2. The van der Waals surface area contributed by atoms with Gasteiger partial charge in [-0.15, -0.1) is 0 Å². The summed E-state index contributed by atoms with van der Waals surface area (Å²) in [4.78, 5) is 0. The van der Waals surface area contributed by atoms with Crippen molar-refractivity contribution in [3.63, 3.8) is 0 Å². The van der Waals surface area contributed by atoms with E-state index in [0.29, 0.717) is 17.2 Å². The zero-order valence-corrected chi connectivity index (χ0v) is 35.7. The summed E-state index contributed by atoms with van der Waals surface area (Å²) < 4.78 is 40.4. The monoisotopic (exact) mass is 784 g/mol. The fourth-order valence-electron chi connectivity index (χ4n) is 7.61. The van der Waals surface area contributed by atoms with Crippen LogP contribution >= 0.6 is 17.2 Å². The molecule has 6 aromatic carbocycles. The average Bonchev–Trinajstić information content (AvgIpc) is 3.15. The van der Waals surface area contributed by atoms with Crippen molar-refractivity contribution in [1.82, 2.24) is 0 Å². The Morgan fingerprint density at radius 2 is 0.929 bits per heavy atom. The minimum absolute atomic E-state index is 0.0660. The number of hydrogen-bond acceptors (Lipinski definition) is 6. The average molecular weight is 785 g/mol. The quantitative estimate of drug-likeness (QED) is 0.129. The standard InChI is InChI=1S/C48H50O6P2/c1-29-21-33(5)45(51-55(49-39-17-13-11-14-18-39)50-40-19-15-12-16-20-40)41(25-29)37(9)42-26-30(2)22-34(6)46(42)52-56-53-47-35(7)23-31(3)27-43(47)38(10)44-28-32(4)24-36(8)48(44)54-56/h11-28,37-38H,1-10H3. The van der Waals surface area contributed by atoms with Gasteiger partial charge in [-0.3, -0.25) is 0 Å².